The second kappa shape index (κ2) is 1.77. The first-order chi connectivity index (χ1) is 4.20. The second-order valence-electron chi connectivity index (χ2n) is 1.46. The predicted molar refractivity (Wildman–Crippen MR) is 28.4 cm³/mol. The highest BCUT2D eigenvalue weighted by atomic mass is 16.4. The number of carboxylic acid groups (broad SMARTS) is 1. The van der Waals surface area contributed by atoms with E-state index < -0.39 is 11.7 Å². The van der Waals surface area contributed by atoms with Crippen molar-refractivity contribution in [2.75, 3.05) is 0 Å². The van der Waals surface area contributed by atoms with E-state index in [4.69, 9.17) is 5.11 Å². The van der Waals surface area contributed by atoms with Gasteiger partial charge >= 0.3 is 11.7 Å². The van der Waals surface area contributed by atoms with Gasteiger partial charge in [-0.25, -0.2) is 9.59 Å². The van der Waals surface area contributed by atoms with Crippen LogP contribution in [0.5, 0.6) is 0 Å². The first-order valence-electron chi connectivity index (χ1n) is 2.21. The van der Waals surface area contributed by atoms with Gasteiger partial charge in [-0.15, -0.1) is 0 Å². The maximum absolute atomic E-state index is 10.2. The molecule has 0 saturated carbocycles. The molecule has 5 nitrogen and oxygen atoms in total. The van der Waals surface area contributed by atoms with Gasteiger partial charge in [-0.05, 0) is 0 Å². The summed E-state index contributed by atoms with van der Waals surface area (Å²) in [6.45, 7) is 0. The van der Waals surface area contributed by atoms with Gasteiger partial charge in [-0.2, -0.15) is 0 Å². The Kier molecular flexibility index (Phi) is 1.11. The fraction of sp³-hybridized carbons (Fsp3) is 0. The number of aromatic amines is 2. The minimum atomic E-state index is -1.15. The lowest BCUT2D eigenvalue weighted by Gasteiger charge is -1.78. The van der Waals surface area contributed by atoms with Crippen molar-refractivity contribution in [2.24, 2.45) is 0 Å². The summed E-state index contributed by atoms with van der Waals surface area (Å²) in [6.07, 6.45) is 1.10. The van der Waals surface area contributed by atoms with Gasteiger partial charge in [0.05, 0.1) is 0 Å². The van der Waals surface area contributed by atoms with Crippen LogP contribution >= 0.6 is 0 Å². The number of imidazole rings is 1. The zero-order valence-corrected chi connectivity index (χ0v) is 4.34. The molecule has 0 atom stereocenters. The monoisotopic (exact) mass is 128 g/mol. The van der Waals surface area contributed by atoms with Gasteiger partial charge in [-0.1, -0.05) is 0 Å². The number of aromatic carboxylic acids is 1. The van der Waals surface area contributed by atoms with Gasteiger partial charge in [-0.3, -0.25) is 0 Å². The molecule has 0 bridgehead atoms. The standard InChI is InChI=1S/C4H4N2O3/c7-3(8)2-1-5-4(9)6-2/h1H,(H,7,8)(H2,5,6,9). The van der Waals surface area contributed by atoms with Gasteiger partial charge in [0.25, 0.3) is 0 Å². The van der Waals surface area contributed by atoms with Crippen LogP contribution in [0.2, 0.25) is 0 Å². The molecule has 0 amide bonds. The molecule has 5 heteroatoms. The fourth-order valence-electron chi connectivity index (χ4n) is 0.447. The van der Waals surface area contributed by atoms with E-state index in [9.17, 15) is 9.59 Å². The van der Waals surface area contributed by atoms with E-state index in [-0.39, 0.29) is 5.69 Å². The molecule has 1 heterocycles. The summed E-state index contributed by atoms with van der Waals surface area (Å²) >= 11 is 0. The number of rotatable bonds is 1. The van der Waals surface area contributed by atoms with E-state index in [0.717, 1.165) is 6.20 Å². The van der Waals surface area contributed by atoms with E-state index in [1.165, 1.54) is 0 Å². The number of nitrogens with one attached hydrogen (secondary N) is 2. The minimum absolute atomic E-state index is 0.125. The third-order valence-corrected chi connectivity index (χ3v) is 0.826. The highest BCUT2D eigenvalue weighted by Gasteiger charge is 2.02. The fourth-order valence-corrected chi connectivity index (χ4v) is 0.447. The van der Waals surface area contributed by atoms with Gasteiger partial charge in [0.1, 0.15) is 5.69 Å². The molecule has 3 N–H and O–H groups in total. The number of hydrogen-bond donors (Lipinski definition) is 3. The van der Waals surface area contributed by atoms with E-state index in [1.54, 1.807) is 0 Å². The molecule has 9 heavy (non-hydrogen) atoms. The Balaban J connectivity index is 3.12. The van der Waals surface area contributed by atoms with Gasteiger partial charge < -0.3 is 15.1 Å². The van der Waals surface area contributed by atoms with Crippen LogP contribution in [0.25, 0.3) is 0 Å². The normalized spacial score (nSPS) is 9.33. The smallest absolute Gasteiger partial charge is 0.353 e. The van der Waals surface area contributed by atoms with Crippen LogP contribution in [-0.2, 0) is 0 Å². The number of carbonyl (C=O) groups is 1. The molecule has 0 saturated heterocycles. The van der Waals surface area contributed by atoms with E-state index in [2.05, 4.69) is 9.97 Å². The van der Waals surface area contributed by atoms with Crippen molar-refractivity contribution in [3.8, 4) is 0 Å². The average molecular weight is 128 g/mol. The Morgan fingerprint density at radius 2 is 2.33 bits per heavy atom. The molecule has 0 aliphatic carbocycles. The molecule has 0 radical (unpaired) electrons. The zero-order valence-electron chi connectivity index (χ0n) is 4.34. The number of hydrogen-bond acceptors (Lipinski definition) is 2. The predicted octanol–water partition coefficient (Wildman–Crippen LogP) is -0.599. The van der Waals surface area contributed by atoms with E-state index in [1.807, 2.05) is 0 Å². The third kappa shape index (κ3) is 0.987. The first kappa shape index (κ1) is 5.61. The first-order valence-corrected chi connectivity index (χ1v) is 2.21. The lowest BCUT2D eigenvalue weighted by atomic mass is 10.5. The van der Waals surface area contributed by atoms with Crippen molar-refractivity contribution in [1.29, 1.82) is 0 Å². The van der Waals surface area contributed by atoms with Gasteiger partial charge in [0.15, 0.2) is 0 Å². The number of aromatic nitrogens is 2. The molecule has 1 aromatic heterocycles. The Morgan fingerprint density at radius 3 is 2.56 bits per heavy atom. The van der Waals surface area contributed by atoms with Crippen molar-refractivity contribution < 1.29 is 9.90 Å². The van der Waals surface area contributed by atoms with Crippen LogP contribution in [0.1, 0.15) is 10.5 Å². The lowest BCUT2D eigenvalue weighted by Crippen LogP contribution is -2.03. The molecule has 0 fully saturated rings. The summed E-state index contributed by atoms with van der Waals surface area (Å²) in [5, 5.41) is 8.21. The van der Waals surface area contributed by atoms with Crippen molar-refractivity contribution >= 4 is 5.97 Å². The summed E-state index contributed by atoms with van der Waals surface area (Å²) in [5.41, 5.74) is -0.632. The zero-order chi connectivity index (χ0) is 6.85. The highest BCUT2D eigenvalue weighted by molar-refractivity contribution is 5.84. The van der Waals surface area contributed by atoms with Crippen molar-refractivity contribution in [3.05, 3.63) is 22.4 Å². The molecular formula is C4H4N2O3. The molecule has 0 spiro atoms. The summed E-state index contributed by atoms with van der Waals surface area (Å²) in [5.74, 6) is -1.15. The quantitative estimate of drug-likeness (QED) is 0.472. The Bertz CT molecular complexity index is 271. The largest absolute Gasteiger partial charge is 0.477 e. The molecule has 48 valence electrons. The van der Waals surface area contributed by atoms with Gasteiger partial charge in [0, 0.05) is 6.20 Å². The maximum Gasteiger partial charge on any atom is 0.353 e. The molecule has 1 aromatic rings. The van der Waals surface area contributed by atoms with Crippen molar-refractivity contribution in [2.45, 2.75) is 0 Å². The summed E-state index contributed by atoms with van der Waals surface area (Å²) in [4.78, 5) is 24.5. The summed E-state index contributed by atoms with van der Waals surface area (Å²) < 4.78 is 0. The number of H-pyrrole nitrogens is 2. The molecule has 0 aliphatic heterocycles. The Labute approximate surface area is 49.3 Å². The third-order valence-electron chi connectivity index (χ3n) is 0.826. The van der Waals surface area contributed by atoms with Crippen molar-refractivity contribution in [1.82, 2.24) is 9.97 Å². The maximum atomic E-state index is 10.2. The average Bonchev–Trinajstić information content (AvgIpc) is 2.14. The SMILES string of the molecule is O=C(O)c1c[nH]c(=O)[nH]1. The minimum Gasteiger partial charge on any atom is -0.477 e. The second-order valence-corrected chi connectivity index (χ2v) is 1.46. The Hall–Kier alpha value is -1.52. The van der Waals surface area contributed by atoms with Gasteiger partial charge in [0.2, 0.25) is 0 Å². The molecule has 1 rings (SSSR count). The van der Waals surface area contributed by atoms with Crippen LogP contribution in [0.3, 0.4) is 0 Å². The highest BCUT2D eigenvalue weighted by Crippen LogP contribution is 1.83. The van der Waals surface area contributed by atoms with Crippen LogP contribution in [-0.4, -0.2) is 21.0 Å². The molecular weight excluding hydrogens is 124 g/mol. The van der Waals surface area contributed by atoms with Crippen LogP contribution in [0.4, 0.5) is 0 Å². The molecule has 0 aromatic carbocycles. The van der Waals surface area contributed by atoms with Crippen LogP contribution < -0.4 is 5.69 Å². The molecule has 0 aliphatic rings. The molecule has 0 unspecified atom stereocenters. The summed E-state index contributed by atoms with van der Waals surface area (Å²) in [6, 6.07) is 0. The number of carboxylic acids is 1. The van der Waals surface area contributed by atoms with Crippen LogP contribution in [0, 0.1) is 0 Å². The van der Waals surface area contributed by atoms with E-state index >= 15 is 0 Å². The summed E-state index contributed by atoms with van der Waals surface area (Å²) in [7, 11) is 0. The van der Waals surface area contributed by atoms with Crippen LogP contribution in [0.15, 0.2) is 11.0 Å². The van der Waals surface area contributed by atoms with E-state index in [0.29, 0.717) is 0 Å². The topological polar surface area (TPSA) is 85.9 Å². The lowest BCUT2D eigenvalue weighted by molar-refractivity contribution is 0.0691. The van der Waals surface area contributed by atoms with Crippen molar-refractivity contribution in [3.63, 3.8) is 0 Å². The Morgan fingerprint density at radius 1 is 1.67 bits per heavy atom.